The number of fused-ring (bicyclic) bond motifs is 1. The molecule has 2 rings (SSSR count). The van der Waals surface area contributed by atoms with Gasteiger partial charge in [-0.3, -0.25) is 0 Å². The molecule has 1 heterocycles. The predicted octanol–water partition coefficient (Wildman–Crippen LogP) is 0.965. The van der Waals surface area contributed by atoms with E-state index in [9.17, 15) is 8.78 Å². The van der Waals surface area contributed by atoms with Gasteiger partial charge in [0.1, 0.15) is 0 Å². The zero-order chi connectivity index (χ0) is 7.84. The van der Waals surface area contributed by atoms with Gasteiger partial charge in [-0.05, 0) is 0 Å². The summed E-state index contributed by atoms with van der Waals surface area (Å²) in [6.07, 6.45) is 0. The Balaban J connectivity index is 2.86. The van der Waals surface area contributed by atoms with Gasteiger partial charge in [0.15, 0.2) is 0 Å². The molecule has 0 aliphatic carbocycles. The van der Waals surface area contributed by atoms with E-state index in [2.05, 4.69) is 7.96 Å². The standard InChI is InChI=1S/C6H2F2N2Se/c7-3-1-5-6(2-4(3)8)10-11-9-5/h1-2H. The van der Waals surface area contributed by atoms with Crippen LogP contribution in [0.25, 0.3) is 11.0 Å². The summed E-state index contributed by atoms with van der Waals surface area (Å²) in [4.78, 5) is 0. The van der Waals surface area contributed by atoms with Crippen molar-refractivity contribution in [3.63, 3.8) is 0 Å². The Kier molecular flexibility index (Phi) is 1.47. The second-order valence-corrected chi connectivity index (χ2v) is 3.13. The molecule has 0 amide bonds. The van der Waals surface area contributed by atoms with Crippen molar-refractivity contribution < 1.29 is 8.78 Å². The number of halogens is 2. The van der Waals surface area contributed by atoms with Crippen molar-refractivity contribution in [3.05, 3.63) is 23.8 Å². The summed E-state index contributed by atoms with van der Waals surface area (Å²) in [5.74, 6) is -1.72. The maximum atomic E-state index is 12.5. The molecule has 11 heavy (non-hydrogen) atoms. The summed E-state index contributed by atoms with van der Waals surface area (Å²) >= 11 is -0.220. The number of aromatic nitrogens is 2. The van der Waals surface area contributed by atoms with Gasteiger partial charge in [0, 0.05) is 0 Å². The molecular formula is C6H2F2N2Se. The fourth-order valence-electron chi connectivity index (χ4n) is 0.780. The molecule has 0 radical (unpaired) electrons. The molecule has 0 aliphatic rings. The van der Waals surface area contributed by atoms with Gasteiger partial charge in [0.2, 0.25) is 0 Å². The first kappa shape index (κ1) is 6.88. The fourth-order valence-corrected chi connectivity index (χ4v) is 1.85. The van der Waals surface area contributed by atoms with Crippen LogP contribution in [0.4, 0.5) is 8.78 Å². The Hall–Kier alpha value is -0.801. The summed E-state index contributed by atoms with van der Waals surface area (Å²) in [7, 11) is 0. The molecule has 5 heteroatoms. The molecular weight excluding hydrogens is 217 g/mol. The molecule has 2 nitrogen and oxygen atoms in total. The average Bonchev–Trinajstić information content (AvgIpc) is 2.36. The van der Waals surface area contributed by atoms with Gasteiger partial charge in [0.05, 0.1) is 0 Å². The molecule has 0 atom stereocenters. The minimum atomic E-state index is -0.861. The maximum absolute atomic E-state index is 12.5. The van der Waals surface area contributed by atoms with Gasteiger partial charge in [-0.1, -0.05) is 0 Å². The van der Waals surface area contributed by atoms with E-state index in [4.69, 9.17) is 0 Å². The summed E-state index contributed by atoms with van der Waals surface area (Å²) < 4.78 is 32.8. The third-order valence-electron chi connectivity index (χ3n) is 1.30. The second-order valence-electron chi connectivity index (χ2n) is 2.02. The van der Waals surface area contributed by atoms with Crippen LogP contribution in [0.2, 0.25) is 0 Å². The minimum absolute atomic E-state index is 0.220. The summed E-state index contributed by atoms with van der Waals surface area (Å²) in [6.45, 7) is 0. The van der Waals surface area contributed by atoms with E-state index in [1.807, 2.05) is 0 Å². The van der Waals surface area contributed by atoms with E-state index in [1.165, 1.54) is 0 Å². The van der Waals surface area contributed by atoms with Crippen LogP contribution >= 0.6 is 0 Å². The molecule has 0 saturated heterocycles. The summed E-state index contributed by atoms with van der Waals surface area (Å²) in [5.41, 5.74) is 0.924. The van der Waals surface area contributed by atoms with Gasteiger partial charge < -0.3 is 0 Å². The number of nitrogens with zero attached hydrogens (tertiary/aromatic N) is 2. The first-order chi connectivity index (χ1) is 5.27. The molecule has 0 bridgehead atoms. The van der Waals surface area contributed by atoms with Crippen molar-refractivity contribution in [2.24, 2.45) is 0 Å². The monoisotopic (exact) mass is 220 g/mol. The Morgan fingerprint density at radius 1 is 1.00 bits per heavy atom. The van der Waals surface area contributed by atoms with Gasteiger partial charge in [0.25, 0.3) is 0 Å². The zero-order valence-corrected chi connectivity index (χ0v) is 6.93. The number of benzene rings is 1. The van der Waals surface area contributed by atoms with E-state index < -0.39 is 11.6 Å². The molecule has 2 aromatic rings. The summed E-state index contributed by atoms with van der Waals surface area (Å²) in [6, 6.07) is 2.14. The molecule has 0 spiro atoms. The summed E-state index contributed by atoms with van der Waals surface area (Å²) in [5, 5.41) is 0. The topological polar surface area (TPSA) is 25.8 Å². The van der Waals surface area contributed by atoms with Crippen molar-refractivity contribution in [1.82, 2.24) is 7.96 Å². The number of hydrogen-bond donors (Lipinski definition) is 0. The van der Waals surface area contributed by atoms with Crippen LogP contribution in [0.3, 0.4) is 0 Å². The Labute approximate surface area is 67.1 Å². The van der Waals surface area contributed by atoms with Crippen LogP contribution in [-0.4, -0.2) is 22.9 Å². The van der Waals surface area contributed by atoms with E-state index >= 15 is 0 Å². The van der Waals surface area contributed by atoms with E-state index in [0.717, 1.165) is 12.1 Å². The van der Waals surface area contributed by atoms with Crippen molar-refractivity contribution >= 4 is 26.0 Å². The van der Waals surface area contributed by atoms with E-state index in [0.29, 0.717) is 11.0 Å². The van der Waals surface area contributed by atoms with Gasteiger partial charge in [-0.15, -0.1) is 0 Å². The second kappa shape index (κ2) is 2.36. The van der Waals surface area contributed by atoms with Crippen LogP contribution in [0.5, 0.6) is 0 Å². The van der Waals surface area contributed by atoms with Gasteiger partial charge in [-0.25, -0.2) is 0 Å². The van der Waals surface area contributed by atoms with Crippen molar-refractivity contribution in [2.75, 3.05) is 0 Å². The quantitative estimate of drug-likeness (QED) is 0.617. The molecule has 1 aromatic carbocycles. The molecule has 0 unspecified atom stereocenters. The van der Waals surface area contributed by atoms with Gasteiger partial charge in [-0.2, -0.15) is 0 Å². The van der Waals surface area contributed by atoms with E-state index in [1.54, 1.807) is 0 Å². The first-order valence-corrected chi connectivity index (χ1v) is 4.38. The third-order valence-corrected chi connectivity index (χ3v) is 2.46. The van der Waals surface area contributed by atoms with E-state index in [-0.39, 0.29) is 15.0 Å². The number of hydrogen-bond acceptors (Lipinski definition) is 2. The average molecular weight is 219 g/mol. The first-order valence-electron chi connectivity index (χ1n) is 2.85. The van der Waals surface area contributed by atoms with Crippen LogP contribution in [0.1, 0.15) is 0 Å². The van der Waals surface area contributed by atoms with Crippen LogP contribution in [0.15, 0.2) is 12.1 Å². The molecule has 0 N–H and O–H groups in total. The molecule has 0 saturated carbocycles. The Bertz CT molecular complexity index is 362. The molecule has 56 valence electrons. The van der Waals surface area contributed by atoms with Gasteiger partial charge >= 0.3 is 66.5 Å². The predicted molar refractivity (Wildman–Crippen MR) is 36.4 cm³/mol. The molecule has 1 aromatic heterocycles. The third kappa shape index (κ3) is 1.06. The Morgan fingerprint density at radius 2 is 1.45 bits per heavy atom. The van der Waals surface area contributed by atoms with Crippen LogP contribution in [0, 0.1) is 11.6 Å². The molecule has 0 fully saturated rings. The van der Waals surface area contributed by atoms with Crippen LogP contribution in [-0.2, 0) is 0 Å². The normalized spacial score (nSPS) is 10.7. The van der Waals surface area contributed by atoms with Crippen LogP contribution < -0.4 is 0 Å². The Morgan fingerprint density at radius 3 is 1.91 bits per heavy atom. The van der Waals surface area contributed by atoms with Crippen molar-refractivity contribution in [2.45, 2.75) is 0 Å². The van der Waals surface area contributed by atoms with Crippen molar-refractivity contribution in [1.29, 1.82) is 0 Å². The fraction of sp³-hybridized carbons (Fsp3) is 0. The molecule has 0 aliphatic heterocycles. The SMILES string of the molecule is Fc1cc2n[se]nc2cc1F. The van der Waals surface area contributed by atoms with Crippen molar-refractivity contribution in [3.8, 4) is 0 Å². The zero-order valence-electron chi connectivity index (χ0n) is 5.21. The number of rotatable bonds is 0.